The van der Waals surface area contributed by atoms with Gasteiger partial charge in [-0.1, -0.05) is 107 Å². The van der Waals surface area contributed by atoms with Crippen molar-refractivity contribution in [1.82, 2.24) is 9.55 Å². The zero-order valence-corrected chi connectivity index (χ0v) is 35.6. The molecular formula is C50H60N4O. The van der Waals surface area contributed by atoms with Gasteiger partial charge in [-0.3, -0.25) is 4.57 Å². The summed E-state index contributed by atoms with van der Waals surface area (Å²) in [7, 11) is 0. The van der Waals surface area contributed by atoms with Crippen LogP contribution in [0, 0.1) is 0 Å². The SMILES string of the molecule is CC1=C(C)N(c2cc(C(C)(C)C)cc(C(C)(C)C)c2)CN1c1cc(Oc2ccc3c4ccccc4n(-c4cc(C(C)(C)C)ccn4)c3c2)cc(C(C)(C)C)c1. The first kappa shape index (κ1) is 38.3. The molecule has 0 spiro atoms. The minimum atomic E-state index is -0.0804. The molecule has 0 atom stereocenters. The normalized spacial score (nSPS) is 14.5. The van der Waals surface area contributed by atoms with Gasteiger partial charge in [0, 0.05) is 51.9 Å². The minimum Gasteiger partial charge on any atom is -0.457 e. The monoisotopic (exact) mass is 732 g/mol. The van der Waals surface area contributed by atoms with E-state index in [0.29, 0.717) is 0 Å². The molecule has 1 aliphatic rings. The molecular weight excluding hydrogens is 673 g/mol. The molecule has 4 aromatic carbocycles. The molecule has 3 heterocycles. The lowest BCUT2D eigenvalue weighted by molar-refractivity contribution is 0.479. The summed E-state index contributed by atoms with van der Waals surface area (Å²) in [5, 5.41) is 2.37. The third kappa shape index (κ3) is 7.38. The molecule has 0 N–H and O–H groups in total. The van der Waals surface area contributed by atoms with E-state index in [1.54, 1.807) is 0 Å². The Hall–Kier alpha value is -5.03. The van der Waals surface area contributed by atoms with Crippen LogP contribution in [-0.4, -0.2) is 16.2 Å². The number of allylic oxidation sites excluding steroid dienone is 2. The van der Waals surface area contributed by atoms with Crippen molar-refractivity contribution in [2.45, 2.75) is 119 Å². The van der Waals surface area contributed by atoms with E-state index in [4.69, 9.17) is 9.72 Å². The van der Waals surface area contributed by atoms with Crippen LogP contribution in [0.3, 0.4) is 0 Å². The van der Waals surface area contributed by atoms with Gasteiger partial charge in [0.25, 0.3) is 0 Å². The average Bonchev–Trinajstić information content (AvgIpc) is 3.59. The second-order valence-corrected chi connectivity index (χ2v) is 19.7. The van der Waals surface area contributed by atoms with E-state index in [2.05, 4.69) is 202 Å². The highest BCUT2D eigenvalue weighted by Crippen LogP contribution is 2.42. The van der Waals surface area contributed by atoms with Crippen LogP contribution in [0.4, 0.5) is 11.4 Å². The molecule has 0 unspecified atom stereocenters. The minimum absolute atomic E-state index is 0.00475. The molecule has 6 aromatic rings. The van der Waals surface area contributed by atoms with Gasteiger partial charge >= 0.3 is 0 Å². The molecule has 2 aromatic heterocycles. The Labute approximate surface area is 329 Å². The molecule has 0 amide bonds. The summed E-state index contributed by atoms with van der Waals surface area (Å²) in [5.74, 6) is 2.53. The number of benzene rings is 4. The first-order valence-electron chi connectivity index (χ1n) is 19.8. The number of ether oxygens (including phenoxy) is 1. The van der Waals surface area contributed by atoms with Crippen molar-refractivity contribution >= 4 is 33.2 Å². The largest absolute Gasteiger partial charge is 0.457 e. The van der Waals surface area contributed by atoms with Gasteiger partial charge in [-0.15, -0.1) is 0 Å². The summed E-state index contributed by atoms with van der Waals surface area (Å²) >= 11 is 0. The Morgan fingerprint density at radius 3 is 1.60 bits per heavy atom. The molecule has 0 radical (unpaired) electrons. The fourth-order valence-corrected chi connectivity index (χ4v) is 7.56. The lowest BCUT2D eigenvalue weighted by Crippen LogP contribution is -2.28. The van der Waals surface area contributed by atoms with Crippen molar-refractivity contribution in [3.8, 4) is 17.3 Å². The summed E-state index contributed by atoms with van der Waals surface area (Å²) in [6.45, 7) is 32.6. The van der Waals surface area contributed by atoms with Gasteiger partial charge in [0.1, 0.15) is 17.3 Å². The zero-order chi connectivity index (χ0) is 39.8. The maximum absolute atomic E-state index is 6.88. The highest BCUT2D eigenvalue weighted by Gasteiger charge is 2.30. The molecule has 5 heteroatoms. The molecule has 5 nitrogen and oxygen atoms in total. The van der Waals surface area contributed by atoms with Gasteiger partial charge in [0.2, 0.25) is 0 Å². The first-order valence-corrected chi connectivity index (χ1v) is 19.8. The topological polar surface area (TPSA) is 33.5 Å². The van der Waals surface area contributed by atoms with E-state index < -0.39 is 0 Å². The number of nitrogens with zero attached hydrogens (tertiary/aromatic N) is 4. The van der Waals surface area contributed by atoms with Crippen LogP contribution in [0.2, 0.25) is 0 Å². The number of para-hydroxylation sites is 1. The average molecular weight is 733 g/mol. The van der Waals surface area contributed by atoms with Crippen LogP contribution in [0.1, 0.15) is 119 Å². The highest BCUT2D eigenvalue weighted by atomic mass is 16.5. The van der Waals surface area contributed by atoms with Crippen molar-refractivity contribution in [3.63, 3.8) is 0 Å². The van der Waals surface area contributed by atoms with Gasteiger partial charge in [-0.25, -0.2) is 4.98 Å². The molecule has 0 saturated heterocycles. The Morgan fingerprint density at radius 1 is 0.491 bits per heavy atom. The van der Waals surface area contributed by atoms with Crippen LogP contribution in [0.15, 0.2) is 109 Å². The summed E-state index contributed by atoms with van der Waals surface area (Å²) in [6, 6.07) is 33.3. The fourth-order valence-electron chi connectivity index (χ4n) is 7.56. The van der Waals surface area contributed by atoms with Crippen molar-refractivity contribution in [2.24, 2.45) is 0 Å². The van der Waals surface area contributed by atoms with Gasteiger partial charge in [-0.05, 0) is 112 Å². The Balaban J connectivity index is 1.29. The van der Waals surface area contributed by atoms with E-state index in [0.717, 1.165) is 40.7 Å². The number of fused-ring (bicyclic) bond motifs is 3. The van der Waals surface area contributed by atoms with E-state index in [9.17, 15) is 0 Å². The van der Waals surface area contributed by atoms with Gasteiger partial charge in [0.15, 0.2) is 0 Å². The maximum atomic E-state index is 6.88. The fraction of sp³-hybridized carbons (Fsp3) is 0.380. The first-order chi connectivity index (χ1) is 25.6. The molecule has 0 fully saturated rings. The third-order valence-corrected chi connectivity index (χ3v) is 11.4. The second kappa shape index (κ2) is 13.3. The van der Waals surface area contributed by atoms with E-state index >= 15 is 0 Å². The maximum Gasteiger partial charge on any atom is 0.137 e. The molecule has 286 valence electrons. The molecule has 55 heavy (non-hydrogen) atoms. The molecule has 0 aliphatic carbocycles. The van der Waals surface area contributed by atoms with E-state index in [1.165, 1.54) is 50.1 Å². The summed E-state index contributed by atoms with van der Waals surface area (Å²) in [5.41, 5.74) is 12.3. The predicted octanol–water partition coefficient (Wildman–Crippen LogP) is 13.7. The lowest BCUT2D eigenvalue weighted by atomic mass is 9.80. The van der Waals surface area contributed by atoms with Crippen LogP contribution in [-0.2, 0) is 21.7 Å². The van der Waals surface area contributed by atoms with Crippen molar-refractivity contribution in [2.75, 3.05) is 16.5 Å². The predicted molar refractivity (Wildman–Crippen MR) is 235 cm³/mol. The summed E-state index contributed by atoms with van der Waals surface area (Å²) in [4.78, 5) is 9.80. The number of anilines is 2. The van der Waals surface area contributed by atoms with Gasteiger partial charge in [-0.2, -0.15) is 0 Å². The van der Waals surface area contributed by atoms with Crippen LogP contribution >= 0.6 is 0 Å². The molecule has 7 rings (SSSR count). The Bertz CT molecular complexity index is 2420. The van der Waals surface area contributed by atoms with E-state index in [1.807, 2.05) is 6.20 Å². The van der Waals surface area contributed by atoms with Gasteiger partial charge < -0.3 is 14.5 Å². The molecule has 0 saturated carbocycles. The standard InChI is InChI=1S/C50H60N4O/c1-32-33(2)53(31-52(32)38-24-35(48(6,7)8)23-36(25-38)49(9,10)11)39-26-37(50(12,13)14)27-41(29-39)55-40-19-20-43-42-17-15-16-18-44(42)54(45(43)30-40)46-28-34(21-22-51-46)47(3,4)5/h15-30H,31H2,1-14H3. The summed E-state index contributed by atoms with van der Waals surface area (Å²) < 4.78 is 9.15. The smallest absolute Gasteiger partial charge is 0.137 e. The van der Waals surface area contributed by atoms with Gasteiger partial charge in [0.05, 0.1) is 17.7 Å². The van der Waals surface area contributed by atoms with E-state index in [-0.39, 0.29) is 21.7 Å². The number of rotatable bonds is 5. The molecule has 0 bridgehead atoms. The molecule has 1 aliphatic heterocycles. The number of aromatic nitrogens is 2. The Kier molecular flexibility index (Phi) is 9.27. The quantitative estimate of drug-likeness (QED) is 0.177. The second-order valence-electron chi connectivity index (χ2n) is 19.7. The van der Waals surface area contributed by atoms with Crippen molar-refractivity contribution in [1.29, 1.82) is 0 Å². The van der Waals surface area contributed by atoms with Crippen LogP contribution < -0.4 is 14.5 Å². The number of hydrogen-bond acceptors (Lipinski definition) is 4. The van der Waals surface area contributed by atoms with Crippen molar-refractivity contribution in [3.05, 3.63) is 131 Å². The summed E-state index contributed by atoms with van der Waals surface area (Å²) in [6.07, 6.45) is 1.93. The highest BCUT2D eigenvalue weighted by molar-refractivity contribution is 6.09. The zero-order valence-electron chi connectivity index (χ0n) is 35.6. The number of hydrogen-bond donors (Lipinski definition) is 0. The third-order valence-electron chi connectivity index (χ3n) is 11.4. The van der Waals surface area contributed by atoms with Crippen LogP contribution in [0.25, 0.3) is 27.6 Å². The van der Waals surface area contributed by atoms with Crippen LogP contribution in [0.5, 0.6) is 11.5 Å². The lowest BCUT2D eigenvalue weighted by Gasteiger charge is -2.30. The van der Waals surface area contributed by atoms with Crippen molar-refractivity contribution < 1.29 is 4.74 Å². The Morgan fingerprint density at radius 2 is 1.02 bits per heavy atom. The number of pyridine rings is 1.